The monoisotopic (exact) mass is 364 g/mol. The molecule has 3 amide bonds. The lowest BCUT2D eigenvalue weighted by atomic mass is 10.0. The summed E-state index contributed by atoms with van der Waals surface area (Å²) < 4.78 is 18.4. The average molecular weight is 364 g/mol. The van der Waals surface area contributed by atoms with Crippen LogP contribution in [-0.4, -0.2) is 61.3 Å². The summed E-state index contributed by atoms with van der Waals surface area (Å²) >= 11 is 0. The number of rotatable bonds is 3. The number of anilines is 1. The van der Waals surface area contributed by atoms with Gasteiger partial charge in [-0.2, -0.15) is 0 Å². The van der Waals surface area contributed by atoms with E-state index in [0.717, 1.165) is 0 Å². The lowest BCUT2D eigenvalue weighted by molar-refractivity contribution is -0.140. The summed E-state index contributed by atoms with van der Waals surface area (Å²) in [5, 5.41) is 8.81. The van der Waals surface area contributed by atoms with Crippen LogP contribution in [0.25, 0.3) is 0 Å². The zero-order chi connectivity index (χ0) is 18.5. The second kappa shape index (κ2) is 8.46. The summed E-state index contributed by atoms with van der Waals surface area (Å²) in [5.41, 5.74) is 0.536. The van der Waals surface area contributed by atoms with Crippen molar-refractivity contribution in [2.24, 2.45) is 0 Å². The van der Waals surface area contributed by atoms with Gasteiger partial charge in [0.05, 0.1) is 12.7 Å². The molecule has 2 heterocycles. The first kappa shape index (κ1) is 18.6. The van der Waals surface area contributed by atoms with E-state index < -0.39 is 0 Å². The number of morpholine rings is 1. The minimum absolute atomic E-state index is 0.00693. The summed E-state index contributed by atoms with van der Waals surface area (Å²) in [6.45, 7) is 4.42. The van der Waals surface area contributed by atoms with E-state index in [0.29, 0.717) is 44.8 Å². The van der Waals surface area contributed by atoms with Crippen LogP contribution in [0.4, 0.5) is 14.9 Å². The first-order valence-electron chi connectivity index (χ1n) is 9.00. The molecule has 1 aromatic rings. The molecule has 0 unspecified atom stereocenters. The van der Waals surface area contributed by atoms with Gasteiger partial charge in [0.15, 0.2) is 0 Å². The quantitative estimate of drug-likeness (QED) is 0.755. The maximum Gasteiger partial charge on any atom is 0.319 e. The molecule has 2 aliphatic rings. The zero-order valence-corrected chi connectivity index (χ0v) is 14.8. The van der Waals surface area contributed by atoms with E-state index in [2.05, 4.69) is 16.0 Å². The van der Waals surface area contributed by atoms with Crippen LogP contribution >= 0.6 is 0 Å². The molecule has 26 heavy (non-hydrogen) atoms. The van der Waals surface area contributed by atoms with Crippen molar-refractivity contribution in [1.82, 2.24) is 15.5 Å². The number of urea groups is 1. The predicted octanol–water partition coefficient (Wildman–Crippen LogP) is 1.32. The highest BCUT2D eigenvalue weighted by Gasteiger charge is 2.33. The highest BCUT2D eigenvalue weighted by molar-refractivity contribution is 5.89. The largest absolute Gasteiger partial charge is 0.375 e. The number of hydrogen-bond acceptors (Lipinski definition) is 4. The number of ether oxygens (including phenoxy) is 1. The zero-order valence-electron chi connectivity index (χ0n) is 14.8. The van der Waals surface area contributed by atoms with Gasteiger partial charge in [-0.25, -0.2) is 9.18 Å². The fraction of sp³-hybridized carbons (Fsp3) is 0.556. The van der Waals surface area contributed by atoms with Crippen LogP contribution in [0.15, 0.2) is 24.3 Å². The summed E-state index contributed by atoms with van der Waals surface area (Å²) in [6.07, 6.45) is 1.27. The molecule has 0 bridgehead atoms. The maximum atomic E-state index is 12.9. The molecule has 1 aromatic carbocycles. The van der Waals surface area contributed by atoms with Crippen LogP contribution in [0.5, 0.6) is 0 Å². The summed E-state index contributed by atoms with van der Waals surface area (Å²) in [6, 6.07) is 5.00. The average Bonchev–Trinajstić information content (AvgIpc) is 2.64. The number of carbonyl (C=O) groups is 2. The Balaban J connectivity index is 1.43. The number of piperidine rings is 1. The molecule has 0 spiro atoms. The summed E-state index contributed by atoms with van der Waals surface area (Å²) in [4.78, 5) is 26.5. The van der Waals surface area contributed by atoms with Crippen molar-refractivity contribution in [3.05, 3.63) is 30.1 Å². The van der Waals surface area contributed by atoms with Crippen LogP contribution in [0.1, 0.15) is 19.8 Å². The van der Waals surface area contributed by atoms with Crippen molar-refractivity contribution >= 4 is 17.6 Å². The molecule has 2 fully saturated rings. The van der Waals surface area contributed by atoms with Gasteiger partial charge in [0.1, 0.15) is 11.9 Å². The van der Waals surface area contributed by atoms with Gasteiger partial charge >= 0.3 is 6.03 Å². The molecule has 2 aliphatic heterocycles. The second-order valence-corrected chi connectivity index (χ2v) is 6.71. The minimum atomic E-state index is -0.347. The third-order valence-electron chi connectivity index (χ3n) is 4.83. The number of nitrogens with zero attached hydrogens (tertiary/aromatic N) is 1. The summed E-state index contributed by atoms with van der Waals surface area (Å²) in [5.74, 6) is -0.286. The van der Waals surface area contributed by atoms with Crippen molar-refractivity contribution in [3.63, 3.8) is 0 Å². The van der Waals surface area contributed by atoms with Gasteiger partial charge in [0, 0.05) is 31.4 Å². The van der Waals surface area contributed by atoms with E-state index in [9.17, 15) is 14.0 Å². The van der Waals surface area contributed by atoms with E-state index in [-0.39, 0.29) is 35.9 Å². The molecule has 0 aromatic heterocycles. The van der Waals surface area contributed by atoms with E-state index in [1.807, 2.05) is 11.8 Å². The number of halogens is 1. The lowest BCUT2D eigenvalue weighted by Gasteiger charge is -2.37. The fourth-order valence-corrected chi connectivity index (χ4v) is 3.34. The molecule has 0 saturated carbocycles. The Morgan fingerprint density at radius 1 is 1.23 bits per heavy atom. The van der Waals surface area contributed by atoms with Crippen molar-refractivity contribution in [2.75, 3.05) is 31.6 Å². The van der Waals surface area contributed by atoms with Gasteiger partial charge < -0.3 is 25.6 Å². The Labute approximate surface area is 152 Å². The standard InChI is InChI=1S/C18H25FN4O3/c1-12-16(20-8-11-26-12)17(24)23-9-6-15(7-10-23)22-18(25)21-14-4-2-13(19)3-5-14/h2-5,12,15-16,20H,6-11H2,1H3,(H2,21,22,25)/t12-,16+/m1/s1. The Hall–Kier alpha value is -2.19. The highest BCUT2D eigenvalue weighted by Crippen LogP contribution is 2.15. The van der Waals surface area contributed by atoms with E-state index >= 15 is 0 Å². The van der Waals surface area contributed by atoms with Crippen LogP contribution in [-0.2, 0) is 9.53 Å². The van der Waals surface area contributed by atoms with Crippen LogP contribution in [0.3, 0.4) is 0 Å². The topological polar surface area (TPSA) is 82.7 Å². The molecule has 3 N–H and O–H groups in total. The predicted molar refractivity (Wildman–Crippen MR) is 95.4 cm³/mol. The molecule has 3 rings (SSSR count). The fourth-order valence-electron chi connectivity index (χ4n) is 3.34. The number of amides is 3. The number of likely N-dealkylation sites (tertiary alicyclic amines) is 1. The Kier molecular flexibility index (Phi) is 6.05. The smallest absolute Gasteiger partial charge is 0.319 e. The van der Waals surface area contributed by atoms with Crippen molar-refractivity contribution in [3.8, 4) is 0 Å². The Bertz CT molecular complexity index is 632. The van der Waals surface area contributed by atoms with Crippen molar-refractivity contribution in [1.29, 1.82) is 0 Å². The number of carbonyl (C=O) groups excluding carboxylic acids is 2. The number of nitrogens with one attached hydrogen (secondary N) is 3. The van der Waals surface area contributed by atoms with Crippen LogP contribution in [0, 0.1) is 5.82 Å². The van der Waals surface area contributed by atoms with Gasteiger partial charge in [-0.3, -0.25) is 4.79 Å². The molecular formula is C18H25FN4O3. The first-order valence-corrected chi connectivity index (χ1v) is 9.00. The lowest BCUT2D eigenvalue weighted by Crippen LogP contribution is -2.58. The minimum Gasteiger partial charge on any atom is -0.375 e. The molecular weight excluding hydrogens is 339 g/mol. The maximum absolute atomic E-state index is 12.9. The normalized spacial score (nSPS) is 24.2. The SMILES string of the molecule is C[C@H]1OCCN[C@@H]1C(=O)N1CCC(NC(=O)Nc2ccc(F)cc2)CC1. The Morgan fingerprint density at radius 2 is 1.92 bits per heavy atom. The third-order valence-corrected chi connectivity index (χ3v) is 4.83. The van der Waals surface area contributed by atoms with Gasteiger partial charge in [0.25, 0.3) is 0 Å². The Morgan fingerprint density at radius 3 is 2.58 bits per heavy atom. The van der Waals surface area contributed by atoms with Crippen molar-refractivity contribution in [2.45, 2.75) is 38.0 Å². The molecule has 2 atom stereocenters. The second-order valence-electron chi connectivity index (χ2n) is 6.71. The number of benzene rings is 1. The summed E-state index contributed by atoms with van der Waals surface area (Å²) in [7, 11) is 0. The molecule has 2 saturated heterocycles. The molecule has 7 nitrogen and oxygen atoms in total. The van der Waals surface area contributed by atoms with E-state index in [1.165, 1.54) is 24.3 Å². The highest BCUT2D eigenvalue weighted by atomic mass is 19.1. The first-order chi connectivity index (χ1) is 12.5. The van der Waals surface area contributed by atoms with Gasteiger partial charge in [-0.15, -0.1) is 0 Å². The van der Waals surface area contributed by atoms with E-state index in [1.54, 1.807) is 0 Å². The van der Waals surface area contributed by atoms with Gasteiger partial charge in [0.2, 0.25) is 5.91 Å². The molecule has 0 radical (unpaired) electrons. The molecule has 8 heteroatoms. The van der Waals surface area contributed by atoms with Crippen molar-refractivity contribution < 1.29 is 18.7 Å². The van der Waals surface area contributed by atoms with Gasteiger partial charge in [-0.1, -0.05) is 0 Å². The number of hydrogen-bond donors (Lipinski definition) is 3. The third kappa shape index (κ3) is 4.70. The van der Waals surface area contributed by atoms with E-state index in [4.69, 9.17) is 4.74 Å². The van der Waals surface area contributed by atoms with Crippen LogP contribution in [0.2, 0.25) is 0 Å². The van der Waals surface area contributed by atoms with Crippen LogP contribution < -0.4 is 16.0 Å². The molecule has 142 valence electrons. The van der Waals surface area contributed by atoms with Gasteiger partial charge in [-0.05, 0) is 44.0 Å². The molecule has 0 aliphatic carbocycles.